The van der Waals surface area contributed by atoms with E-state index >= 15 is 0 Å². The zero-order valence-electron chi connectivity index (χ0n) is 10.4. The first-order chi connectivity index (χ1) is 9.16. The predicted molar refractivity (Wildman–Crippen MR) is 64.4 cm³/mol. The minimum absolute atomic E-state index is 0.0300. The summed E-state index contributed by atoms with van der Waals surface area (Å²) in [5.74, 6) is -1.32. The Labute approximate surface area is 110 Å². The molecule has 102 valence electrons. The number of ether oxygens (including phenoxy) is 1. The van der Waals surface area contributed by atoms with Crippen molar-refractivity contribution in [2.24, 2.45) is 0 Å². The van der Waals surface area contributed by atoms with Crippen molar-refractivity contribution in [1.82, 2.24) is 5.32 Å². The van der Waals surface area contributed by atoms with E-state index in [1.807, 2.05) is 0 Å². The number of furan rings is 1. The highest BCUT2D eigenvalue weighted by Gasteiger charge is 2.25. The summed E-state index contributed by atoms with van der Waals surface area (Å²) in [6.07, 6.45) is 2.80. The van der Waals surface area contributed by atoms with E-state index in [4.69, 9.17) is 4.42 Å². The van der Waals surface area contributed by atoms with Crippen molar-refractivity contribution >= 4 is 17.7 Å². The van der Waals surface area contributed by atoms with Gasteiger partial charge in [0.25, 0.3) is 0 Å². The summed E-state index contributed by atoms with van der Waals surface area (Å²) in [7, 11) is 0. The standard InChI is InChI=1S/C13H15NO5/c15-10(11-4-2-8-18-11)5-6-12(16)19-13(17)9-3-1-7-14-9/h2,4,8-9,14H,1,3,5-7H2/t9-/m0/s1. The Morgan fingerprint density at radius 2 is 2.21 bits per heavy atom. The van der Waals surface area contributed by atoms with Crippen molar-refractivity contribution in [3.8, 4) is 0 Å². The Morgan fingerprint density at radius 3 is 2.84 bits per heavy atom. The monoisotopic (exact) mass is 265 g/mol. The second kappa shape index (κ2) is 6.29. The molecule has 19 heavy (non-hydrogen) atoms. The fraction of sp³-hybridized carbons (Fsp3) is 0.462. The molecule has 1 saturated heterocycles. The molecule has 6 heteroatoms. The van der Waals surface area contributed by atoms with Gasteiger partial charge in [0.15, 0.2) is 11.5 Å². The van der Waals surface area contributed by atoms with Crippen molar-refractivity contribution in [3.05, 3.63) is 24.2 Å². The van der Waals surface area contributed by atoms with Crippen molar-refractivity contribution in [2.45, 2.75) is 31.7 Å². The van der Waals surface area contributed by atoms with Crippen molar-refractivity contribution in [3.63, 3.8) is 0 Å². The molecule has 0 spiro atoms. The molecule has 2 heterocycles. The zero-order chi connectivity index (χ0) is 13.7. The number of carbonyl (C=O) groups is 3. The molecule has 1 fully saturated rings. The number of Topliss-reactive ketones (excluding diaryl/α,β-unsaturated/α-hetero) is 1. The lowest BCUT2D eigenvalue weighted by molar-refractivity contribution is -0.160. The Morgan fingerprint density at radius 1 is 1.37 bits per heavy atom. The van der Waals surface area contributed by atoms with Gasteiger partial charge in [0.05, 0.1) is 12.7 Å². The van der Waals surface area contributed by atoms with E-state index in [2.05, 4.69) is 10.1 Å². The lowest BCUT2D eigenvalue weighted by Crippen LogP contribution is -2.33. The Bertz CT molecular complexity index is 459. The Kier molecular flexibility index (Phi) is 4.46. The number of esters is 2. The summed E-state index contributed by atoms with van der Waals surface area (Å²) >= 11 is 0. The molecule has 1 atom stereocenters. The van der Waals surface area contributed by atoms with Gasteiger partial charge in [0, 0.05) is 6.42 Å². The smallest absolute Gasteiger partial charge is 0.330 e. The molecule has 0 radical (unpaired) electrons. The summed E-state index contributed by atoms with van der Waals surface area (Å²) in [6, 6.07) is 2.73. The van der Waals surface area contributed by atoms with Gasteiger partial charge in [-0.05, 0) is 31.5 Å². The molecule has 1 aromatic rings. The topological polar surface area (TPSA) is 85.6 Å². The molecule has 6 nitrogen and oxygen atoms in total. The molecule has 0 bridgehead atoms. The van der Waals surface area contributed by atoms with Crippen LogP contribution in [0.2, 0.25) is 0 Å². The molecule has 2 rings (SSSR count). The van der Waals surface area contributed by atoms with Crippen molar-refractivity contribution in [1.29, 1.82) is 0 Å². The van der Waals surface area contributed by atoms with Gasteiger partial charge in [0.2, 0.25) is 0 Å². The summed E-state index contributed by atoms with van der Waals surface area (Å²) in [5, 5.41) is 2.94. The van der Waals surface area contributed by atoms with Gasteiger partial charge in [0.1, 0.15) is 6.04 Å². The Hall–Kier alpha value is -1.95. The summed E-state index contributed by atoms with van der Waals surface area (Å²) in [4.78, 5) is 34.5. The van der Waals surface area contributed by atoms with Gasteiger partial charge in [-0.25, -0.2) is 4.79 Å². The average molecular weight is 265 g/mol. The minimum Gasteiger partial charge on any atom is -0.461 e. The highest BCUT2D eigenvalue weighted by atomic mass is 16.6. The second-order valence-corrected chi connectivity index (χ2v) is 4.34. The van der Waals surface area contributed by atoms with Crippen LogP contribution in [-0.4, -0.2) is 30.3 Å². The van der Waals surface area contributed by atoms with Gasteiger partial charge in [-0.2, -0.15) is 0 Å². The van der Waals surface area contributed by atoms with E-state index in [-0.39, 0.29) is 24.4 Å². The van der Waals surface area contributed by atoms with Crippen LogP contribution in [0, 0.1) is 0 Å². The quantitative estimate of drug-likeness (QED) is 0.487. The van der Waals surface area contributed by atoms with E-state index in [9.17, 15) is 14.4 Å². The maximum atomic E-state index is 11.6. The molecule has 0 saturated carbocycles. The molecule has 1 aliphatic heterocycles. The molecule has 0 unspecified atom stereocenters. The highest BCUT2D eigenvalue weighted by Crippen LogP contribution is 2.09. The average Bonchev–Trinajstić information content (AvgIpc) is 3.07. The van der Waals surface area contributed by atoms with Crippen LogP contribution in [0.4, 0.5) is 0 Å². The summed E-state index contributed by atoms with van der Waals surface area (Å²) in [6.45, 7) is 0.755. The molecule has 1 aromatic heterocycles. The zero-order valence-corrected chi connectivity index (χ0v) is 10.4. The van der Waals surface area contributed by atoms with Crippen LogP contribution in [0.15, 0.2) is 22.8 Å². The first-order valence-corrected chi connectivity index (χ1v) is 6.21. The van der Waals surface area contributed by atoms with Crippen LogP contribution in [0.3, 0.4) is 0 Å². The molecule has 0 aromatic carbocycles. The number of nitrogens with one attached hydrogen (secondary N) is 1. The summed E-state index contributed by atoms with van der Waals surface area (Å²) < 4.78 is 9.59. The van der Waals surface area contributed by atoms with Gasteiger partial charge in [-0.1, -0.05) is 0 Å². The van der Waals surface area contributed by atoms with E-state index in [1.54, 1.807) is 6.07 Å². The van der Waals surface area contributed by atoms with E-state index < -0.39 is 18.0 Å². The molecule has 1 N–H and O–H groups in total. The Balaban J connectivity index is 1.72. The lowest BCUT2D eigenvalue weighted by atomic mass is 10.2. The number of hydrogen-bond donors (Lipinski definition) is 1. The second-order valence-electron chi connectivity index (χ2n) is 4.34. The largest absolute Gasteiger partial charge is 0.461 e. The van der Waals surface area contributed by atoms with Crippen LogP contribution < -0.4 is 5.32 Å². The van der Waals surface area contributed by atoms with Gasteiger partial charge >= 0.3 is 11.9 Å². The third-order valence-electron chi connectivity index (χ3n) is 2.91. The maximum Gasteiger partial charge on any atom is 0.330 e. The van der Waals surface area contributed by atoms with E-state index in [1.165, 1.54) is 12.3 Å². The third-order valence-corrected chi connectivity index (χ3v) is 2.91. The fourth-order valence-electron chi connectivity index (χ4n) is 1.90. The normalized spacial score (nSPS) is 18.2. The van der Waals surface area contributed by atoms with E-state index in [0.29, 0.717) is 6.42 Å². The molecular weight excluding hydrogens is 250 g/mol. The first-order valence-electron chi connectivity index (χ1n) is 6.21. The van der Waals surface area contributed by atoms with E-state index in [0.717, 1.165) is 13.0 Å². The van der Waals surface area contributed by atoms with Gasteiger partial charge in [-0.3, -0.25) is 9.59 Å². The predicted octanol–water partition coefficient (Wildman–Crippen LogP) is 1.06. The minimum atomic E-state index is -0.682. The highest BCUT2D eigenvalue weighted by molar-refractivity contribution is 5.96. The van der Waals surface area contributed by atoms with Crippen LogP contribution in [0.25, 0.3) is 0 Å². The maximum absolute atomic E-state index is 11.6. The molecule has 1 aliphatic rings. The number of carbonyl (C=O) groups excluding carboxylic acids is 3. The fourth-order valence-corrected chi connectivity index (χ4v) is 1.90. The number of hydrogen-bond acceptors (Lipinski definition) is 6. The molecular formula is C13H15NO5. The third kappa shape index (κ3) is 3.75. The molecule has 0 aliphatic carbocycles. The number of ketones is 1. The lowest BCUT2D eigenvalue weighted by Gasteiger charge is -2.08. The van der Waals surface area contributed by atoms with Crippen LogP contribution >= 0.6 is 0 Å². The summed E-state index contributed by atoms with van der Waals surface area (Å²) in [5.41, 5.74) is 0. The van der Waals surface area contributed by atoms with Crippen molar-refractivity contribution in [2.75, 3.05) is 6.54 Å². The van der Waals surface area contributed by atoms with Crippen LogP contribution in [0.5, 0.6) is 0 Å². The molecule has 0 amide bonds. The van der Waals surface area contributed by atoms with Crippen LogP contribution in [-0.2, 0) is 14.3 Å². The number of rotatable bonds is 5. The van der Waals surface area contributed by atoms with Crippen LogP contribution in [0.1, 0.15) is 36.2 Å². The SMILES string of the molecule is O=C(CCC(=O)c1ccco1)OC(=O)[C@@H]1CCCN1. The van der Waals surface area contributed by atoms with Crippen molar-refractivity contribution < 1.29 is 23.5 Å². The van der Waals surface area contributed by atoms with Gasteiger partial charge < -0.3 is 14.5 Å². The first kappa shape index (κ1) is 13.5. The van der Waals surface area contributed by atoms with Gasteiger partial charge in [-0.15, -0.1) is 0 Å².